The molecule has 0 amide bonds. The number of benzene rings is 1. The number of nitrogens with zero attached hydrogens (tertiary/aromatic N) is 3. The van der Waals surface area contributed by atoms with Gasteiger partial charge >= 0.3 is 0 Å². The topological polar surface area (TPSA) is 86.5 Å². The summed E-state index contributed by atoms with van der Waals surface area (Å²) in [5, 5.41) is 11.2. The highest BCUT2D eigenvalue weighted by molar-refractivity contribution is 5.58. The van der Waals surface area contributed by atoms with Crippen molar-refractivity contribution in [2.75, 3.05) is 64.1 Å². The van der Waals surface area contributed by atoms with E-state index in [1.54, 1.807) is 12.1 Å². The lowest BCUT2D eigenvalue weighted by Gasteiger charge is -2.43. The number of hydrogen-bond donors (Lipinski definition) is 0. The Bertz CT molecular complexity index is 700. The van der Waals surface area contributed by atoms with E-state index in [4.69, 9.17) is 18.9 Å². The van der Waals surface area contributed by atoms with Gasteiger partial charge in [-0.25, -0.2) is 0 Å². The zero-order valence-electron chi connectivity index (χ0n) is 17.4. The van der Waals surface area contributed by atoms with Gasteiger partial charge in [0.05, 0.1) is 44.0 Å². The number of non-ortho nitro benzene ring substituents is 1. The third kappa shape index (κ3) is 5.47. The van der Waals surface area contributed by atoms with E-state index < -0.39 is 0 Å². The van der Waals surface area contributed by atoms with Gasteiger partial charge in [0.15, 0.2) is 6.29 Å². The number of rotatable bonds is 9. The summed E-state index contributed by atoms with van der Waals surface area (Å²) in [7, 11) is 0. The van der Waals surface area contributed by atoms with Gasteiger partial charge in [0, 0.05) is 56.2 Å². The first-order valence-electron chi connectivity index (χ1n) is 10.9. The van der Waals surface area contributed by atoms with Crippen molar-refractivity contribution in [2.45, 2.75) is 38.2 Å². The normalized spacial score (nSPS) is 23.3. The lowest BCUT2D eigenvalue weighted by atomic mass is 10.1. The first-order chi connectivity index (χ1) is 14.7. The van der Waals surface area contributed by atoms with Crippen molar-refractivity contribution in [3.63, 3.8) is 0 Å². The third-order valence-electron chi connectivity index (χ3n) is 5.99. The minimum Gasteiger partial charge on any atom is -0.378 e. The first kappa shape index (κ1) is 21.5. The molecule has 0 N–H and O–H groups in total. The molecule has 30 heavy (non-hydrogen) atoms. The largest absolute Gasteiger partial charge is 0.378 e. The highest BCUT2D eigenvalue weighted by Gasteiger charge is 2.29. The van der Waals surface area contributed by atoms with Crippen LogP contribution < -0.4 is 4.90 Å². The second-order valence-corrected chi connectivity index (χ2v) is 8.00. The first-order valence-corrected chi connectivity index (χ1v) is 10.9. The molecule has 1 aromatic rings. The number of nitro benzene ring substituents is 1. The van der Waals surface area contributed by atoms with Crippen LogP contribution in [0, 0.1) is 10.1 Å². The fourth-order valence-corrected chi connectivity index (χ4v) is 4.13. The van der Waals surface area contributed by atoms with Crippen LogP contribution in [0.1, 0.15) is 24.8 Å². The van der Waals surface area contributed by atoms with Gasteiger partial charge in [-0.3, -0.25) is 15.0 Å². The maximum absolute atomic E-state index is 11.2. The molecule has 4 rings (SSSR count). The molecule has 3 aliphatic rings. The molecular formula is C21H31N3O6. The zero-order chi connectivity index (χ0) is 20.8. The highest BCUT2D eigenvalue weighted by atomic mass is 16.7. The van der Waals surface area contributed by atoms with E-state index >= 15 is 0 Å². The summed E-state index contributed by atoms with van der Waals surface area (Å²) in [5.41, 5.74) is 1.95. The molecule has 1 atom stereocenters. The van der Waals surface area contributed by atoms with E-state index in [0.717, 1.165) is 76.5 Å². The Labute approximate surface area is 177 Å². The number of anilines is 1. The summed E-state index contributed by atoms with van der Waals surface area (Å²) in [4.78, 5) is 15.7. The van der Waals surface area contributed by atoms with Crippen LogP contribution in [0.2, 0.25) is 0 Å². The SMILES string of the molecule is O=[N+]([O-])c1ccc(N2CCN(C3COC3)CC2)c(COCCOC2CCCCO2)c1. The molecule has 0 saturated carbocycles. The summed E-state index contributed by atoms with van der Waals surface area (Å²) in [6, 6.07) is 5.60. The van der Waals surface area contributed by atoms with Crippen LogP contribution >= 0.6 is 0 Å². The van der Waals surface area contributed by atoms with Crippen molar-refractivity contribution in [2.24, 2.45) is 0 Å². The number of ether oxygens (including phenoxy) is 4. The van der Waals surface area contributed by atoms with Gasteiger partial charge in [-0.1, -0.05) is 0 Å². The number of nitro groups is 1. The van der Waals surface area contributed by atoms with Crippen molar-refractivity contribution >= 4 is 11.4 Å². The minimum atomic E-state index is -0.356. The molecule has 3 saturated heterocycles. The molecule has 3 fully saturated rings. The molecule has 3 aliphatic heterocycles. The maximum Gasteiger partial charge on any atom is 0.269 e. The van der Waals surface area contributed by atoms with Crippen LogP contribution in [0.3, 0.4) is 0 Å². The average molecular weight is 421 g/mol. The van der Waals surface area contributed by atoms with Gasteiger partial charge in [0.1, 0.15) is 0 Å². The third-order valence-corrected chi connectivity index (χ3v) is 5.99. The van der Waals surface area contributed by atoms with E-state index in [-0.39, 0.29) is 16.9 Å². The van der Waals surface area contributed by atoms with Crippen molar-refractivity contribution in [1.29, 1.82) is 0 Å². The van der Waals surface area contributed by atoms with E-state index in [1.165, 1.54) is 0 Å². The lowest BCUT2D eigenvalue weighted by molar-refractivity contribution is -0.384. The quantitative estimate of drug-likeness (QED) is 0.341. The van der Waals surface area contributed by atoms with Gasteiger partial charge in [-0.2, -0.15) is 0 Å². The zero-order valence-corrected chi connectivity index (χ0v) is 17.4. The molecule has 166 valence electrons. The van der Waals surface area contributed by atoms with Crippen molar-refractivity contribution in [1.82, 2.24) is 4.90 Å². The van der Waals surface area contributed by atoms with Crippen LogP contribution in [-0.2, 0) is 25.6 Å². The van der Waals surface area contributed by atoms with E-state index in [2.05, 4.69) is 9.80 Å². The molecule has 1 unspecified atom stereocenters. The second-order valence-electron chi connectivity index (χ2n) is 8.00. The van der Waals surface area contributed by atoms with Gasteiger partial charge < -0.3 is 23.8 Å². The molecule has 0 radical (unpaired) electrons. The monoisotopic (exact) mass is 421 g/mol. The Kier molecular flexibility index (Phi) is 7.51. The van der Waals surface area contributed by atoms with Crippen LogP contribution in [0.25, 0.3) is 0 Å². The van der Waals surface area contributed by atoms with E-state index in [9.17, 15) is 10.1 Å². The highest BCUT2D eigenvalue weighted by Crippen LogP contribution is 2.28. The summed E-state index contributed by atoms with van der Waals surface area (Å²) in [6.45, 7) is 7.34. The molecule has 9 heteroatoms. The average Bonchev–Trinajstić information content (AvgIpc) is 2.73. The van der Waals surface area contributed by atoms with Crippen LogP contribution in [-0.4, -0.2) is 81.4 Å². The smallest absolute Gasteiger partial charge is 0.269 e. The van der Waals surface area contributed by atoms with Gasteiger partial charge in [0.2, 0.25) is 0 Å². The summed E-state index contributed by atoms with van der Waals surface area (Å²) < 4.78 is 22.4. The fraction of sp³-hybridized carbons (Fsp3) is 0.714. The van der Waals surface area contributed by atoms with Crippen LogP contribution in [0.15, 0.2) is 18.2 Å². The Morgan fingerprint density at radius 3 is 2.63 bits per heavy atom. The number of hydrogen-bond acceptors (Lipinski definition) is 8. The van der Waals surface area contributed by atoms with Crippen molar-refractivity contribution in [3.05, 3.63) is 33.9 Å². The fourth-order valence-electron chi connectivity index (χ4n) is 4.13. The van der Waals surface area contributed by atoms with Crippen LogP contribution in [0.4, 0.5) is 11.4 Å². The molecule has 0 spiro atoms. The summed E-state index contributed by atoms with van der Waals surface area (Å²) in [6.07, 6.45) is 3.01. The Hall–Kier alpha value is -1.78. The molecule has 0 aliphatic carbocycles. The summed E-state index contributed by atoms with van der Waals surface area (Å²) in [5.74, 6) is 0. The molecule has 1 aromatic carbocycles. The van der Waals surface area contributed by atoms with E-state index in [1.807, 2.05) is 6.07 Å². The molecule has 3 heterocycles. The Balaban J connectivity index is 1.31. The predicted octanol–water partition coefficient (Wildman–Crippen LogP) is 2.18. The van der Waals surface area contributed by atoms with Crippen LogP contribution in [0.5, 0.6) is 0 Å². The van der Waals surface area contributed by atoms with Crippen molar-refractivity contribution in [3.8, 4) is 0 Å². The molecule has 0 bridgehead atoms. The van der Waals surface area contributed by atoms with Crippen molar-refractivity contribution < 1.29 is 23.9 Å². The van der Waals surface area contributed by atoms with E-state index in [0.29, 0.717) is 25.9 Å². The predicted molar refractivity (Wildman–Crippen MR) is 111 cm³/mol. The Morgan fingerprint density at radius 1 is 1.13 bits per heavy atom. The standard InChI is InChI=1S/C21H31N3O6/c25-24(26)18-4-5-20(23-8-6-22(7-9-23)19-15-28-16-19)17(13-18)14-27-11-12-30-21-3-1-2-10-29-21/h4-5,13,19,21H,1-3,6-12,14-16H2. The minimum absolute atomic E-state index is 0.0921. The second kappa shape index (κ2) is 10.5. The lowest BCUT2D eigenvalue weighted by Crippen LogP contribution is -2.56. The molecule has 9 nitrogen and oxygen atoms in total. The van der Waals surface area contributed by atoms with Gasteiger partial charge in [0.25, 0.3) is 5.69 Å². The molecule has 0 aromatic heterocycles. The van der Waals surface area contributed by atoms with Gasteiger partial charge in [-0.05, 0) is 25.3 Å². The van der Waals surface area contributed by atoms with Gasteiger partial charge in [-0.15, -0.1) is 0 Å². The number of piperazine rings is 1. The molecular weight excluding hydrogens is 390 g/mol. The summed E-state index contributed by atoms with van der Waals surface area (Å²) >= 11 is 0. The Morgan fingerprint density at radius 2 is 1.97 bits per heavy atom. The maximum atomic E-state index is 11.2.